The summed E-state index contributed by atoms with van der Waals surface area (Å²) in [4.78, 5) is 37.8. The Morgan fingerprint density at radius 1 is 1.11 bits per heavy atom. The lowest BCUT2D eigenvalue weighted by molar-refractivity contribution is -0.383. The maximum atomic E-state index is 13.4. The van der Waals surface area contributed by atoms with Gasteiger partial charge in [-0.3, -0.25) is 19.7 Å². The molecule has 13 nitrogen and oxygen atoms in total. The monoisotopic (exact) mass is 650 g/mol. The number of fused-ring (bicyclic) bond motifs is 1. The molecule has 5 rings (SSSR count). The van der Waals surface area contributed by atoms with Gasteiger partial charge in [-0.05, 0) is 91.2 Å². The molecule has 0 radical (unpaired) electrons. The standard InChI is InChI=1S/C30H33FN6O5.C3H6O2/c1-3-30(2,14-16-41-17-15-32-23-12-13-26(37(39)40)28-27(23)35-42-36-28)34-29(38)24-11-10-22(20-6-7-20)25(33-24)18-19-4-8-21(31)9-5-19;1-2-5-3-4/h4-5,8-13,20,32H,3,6-7,14-18H2,1-2H3,(H,34,38);3H,2H2,1H3. The number of aromatic nitrogens is 3. The molecule has 0 aliphatic heterocycles. The second-order valence-corrected chi connectivity index (χ2v) is 11.4. The van der Waals surface area contributed by atoms with E-state index in [1.165, 1.54) is 18.2 Å². The van der Waals surface area contributed by atoms with Gasteiger partial charge in [-0.25, -0.2) is 14.0 Å². The lowest BCUT2D eigenvalue weighted by Gasteiger charge is -2.29. The number of non-ortho nitro benzene ring substituents is 1. The number of nitrogens with one attached hydrogen (secondary N) is 2. The number of ether oxygens (including phenoxy) is 2. The van der Waals surface area contributed by atoms with Crippen LogP contribution in [-0.2, 0) is 20.7 Å². The number of nitro benzene ring substituents is 1. The van der Waals surface area contributed by atoms with Gasteiger partial charge >= 0.3 is 5.69 Å². The van der Waals surface area contributed by atoms with E-state index in [4.69, 9.17) is 9.72 Å². The molecule has 1 aliphatic rings. The van der Waals surface area contributed by atoms with Crippen molar-refractivity contribution in [2.75, 3.05) is 31.7 Å². The van der Waals surface area contributed by atoms with Crippen molar-refractivity contribution in [2.45, 2.75) is 64.3 Å². The van der Waals surface area contributed by atoms with Crippen LogP contribution in [-0.4, -0.2) is 64.5 Å². The molecule has 14 heteroatoms. The van der Waals surface area contributed by atoms with Gasteiger partial charge in [-0.15, -0.1) is 0 Å². The van der Waals surface area contributed by atoms with Gasteiger partial charge in [-0.1, -0.05) is 25.1 Å². The van der Waals surface area contributed by atoms with Gasteiger partial charge in [-0.2, -0.15) is 0 Å². The normalized spacial score (nSPS) is 13.6. The summed E-state index contributed by atoms with van der Waals surface area (Å²) in [6, 6.07) is 13.1. The molecule has 1 unspecified atom stereocenters. The second-order valence-electron chi connectivity index (χ2n) is 11.4. The highest BCUT2D eigenvalue weighted by atomic mass is 19.1. The highest BCUT2D eigenvalue weighted by Crippen LogP contribution is 2.41. The van der Waals surface area contributed by atoms with Crippen molar-refractivity contribution in [1.29, 1.82) is 0 Å². The molecule has 47 heavy (non-hydrogen) atoms. The van der Waals surface area contributed by atoms with E-state index in [0.717, 1.165) is 29.7 Å². The number of hydrogen-bond donors (Lipinski definition) is 2. The Balaban J connectivity index is 0.000000930. The van der Waals surface area contributed by atoms with E-state index in [9.17, 15) is 24.1 Å². The molecule has 2 N–H and O–H groups in total. The van der Waals surface area contributed by atoms with Crippen LogP contribution in [0.3, 0.4) is 0 Å². The number of carbonyl (C=O) groups excluding carboxylic acids is 2. The van der Waals surface area contributed by atoms with Crippen LogP contribution in [0.5, 0.6) is 0 Å². The average molecular weight is 651 g/mol. The summed E-state index contributed by atoms with van der Waals surface area (Å²) in [5.41, 5.74) is 3.57. The second kappa shape index (κ2) is 16.5. The van der Waals surface area contributed by atoms with Gasteiger partial charge in [0.2, 0.25) is 5.52 Å². The topological polar surface area (TPSA) is 172 Å². The number of nitro groups is 1. The fraction of sp³-hybridized carbons (Fsp3) is 0.424. The SMILES string of the molecule is CCC(C)(CCOCCNc1ccc([N+](=O)[O-])c2nonc12)NC(=O)c1ccc(C2CC2)c(Cc2ccc(F)cc2)n1.CCOC=O. The Morgan fingerprint density at radius 2 is 1.85 bits per heavy atom. The zero-order valence-electron chi connectivity index (χ0n) is 26.7. The van der Waals surface area contributed by atoms with Crippen molar-refractivity contribution < 1.29 is 33.0 Å². The summed E-state index contributed by atoms with van der Waals surface area (Å²) >= 11 is 0. The number of anilines is 1. The molecule has 2 aromatic carbocycles. The maximum Gasteiger partial charge on any atom is 0.300 e. The van der Waals surface area contributed by atoms with Crippen LogP contribution in [0.25, 0.3) is 11.0 Å². The number of benzene rings is 2. The Kier molecular flexibility index (Phi) is 12.3. The first-order chi connectivity index (χ1) is 22.7. The minimum absolute atomic E-state index is 0.0830. The zero-order chi connectivity index (χ0) is 33.8. The molecular weight excluding hydrogens is 611 g/mol. The van der Waals surface area contributed by atoms with E-state index < -0.39 is 10.5 Å². The van der Waals surface area contributed by atoms with Crippen molar-refractivity contribution in [1.82, 2.24) is 20.6 Å². The number of halogens is 1. The first-order valence-corrected chi connectivity index (χ1v) is 15.5. The third kappa shape index (κ3) is 9.75. The third-order valence-electron chi connectivity index (χ3n) is 7.93. The fourth-order valence-corrected chi connectivity index (χ4v) is 4.88. The average Bonchev–Trinajstić information content (AvgIpc) is 3.79. The van der Waals surface area contributed by atoms with Crippen LogP contribution in [0, 0.1) is 15.9 Å². The van der Waals surface area contributed by atoms with Crippen molar-refractivity contribution >= 4 is 34.8 Å². The van der Waals surface area contributed by atoms with Gasteiger partial charge in [0.25, 0.3) is 12.4 Å². The highest BCUT2D eigenvalue weighted by molar-refractivity contribution is 5.93. The van der Waals surface area contributed by atoms with Crippen LogP contribution in [0.2, 0.25) is 0 Å². The summed E-state index contributed by atoms with van der Waals surface area (Å²) in [5, 5.41) is 24.8. The number of amides is 1. The van der Waals surface area contributed by atoms with E-state index in [2.05, 4.69) is 30.3 Å². The van der Waals surface area contributed by atoms with E-state index in [1.807, 2.05) is 19.9 Å². The number of nitrogens with zero attached hydrogens (tertiary/aromatic N) is 4. The quantitative estimate of drug-likeness (QED) is 0.0656. The minimum Gasteiger partial charge on any atom is -0.468 e. The Morgan fingerprint density at radius 3 is 2.49 bits per heavy atom. The van der Waals surface area contributed by atoms with Gasteiger partial charge < -0.3 is 20.1 Å². The van der Waals surface area contributed by atoms with Crippen molar-refractivity contribution in [3.05, 3.63) is 87.0 Å². The molecule has 1 saturated carbocycles. The molecule has 0 saturated heterocycles. The van der Waals surface area contributed by atoms with Crippen LogP contribution in [0.15, 0.2) is 53.2 Å². The van der Waals surface area contributed by atoms with Gasteiger partial charge in [0, 0.05) is 36.9 Å². The van der Waals surface area contributed by atoms with Crippen LogP contribution >= 0.6 is 0 Å². The Bertz CT molecular complexity index is 1660. The smallest absolute Gasteiger partial charge is 0.300 e. The first kappa shape index (κ1) is 34.9. The molecule has 1 fully saturated rings. The van der Waals surface area contributed by atoms with Gasteiger partial charge in [0.15, 0.2) is 5.52 Å². The number of carbonyl (C=O) groups is 2. The minimum atomic E-state index is -0.533. The van der Waals surface area contributed by atoms with Gasteiger partial charge in [0.1, 0.15) is 11.5 Å². The first-order valence-electron chi connectivity index (χ1n) is 15.5. The van der Waals surface area contributed by atoms with E-state index in [0.29, 0.717) is 69.4 Å². The predicted molar refractivity (Wildman–Crippen MR) is 172 cm³/mol. The lowest BCUT2D eigenvalue weighted by Crippen LogP contribution is -2.46. The molecule has 1 aliphatic carbocycles. The summed E-state index contributed by atoms with van der Waals surface area (Å²) in [6.45, 7) is 7.87. The summed E-state index contributed by atoms with van der Waals surface area (Å²) < 4.78 is 28.0. The molecule has 2 aromatic heterocycles. The lowest BCUT2D eigenvalue weighted by atomic mass is 9.94. The van der Waals surface area contributed by atoms with Crippen LogP contribution in [0.1, 0.15) is 79.7 Å². The summed E-state index contributed by atoms with van der Waals surface area (Å²) in [6.07, 6.45) is 4.06. The fourth-order valence-electron chi connectivity index (χ4n) is 4.88. The van der Waals surface area contributed by atoms with Crippen LogP contribution in [0.4, 0.5) is 15.8 Å². The molecule has 250 valence electrons. The molecule has 1 amide bonds. The largest absolute Gasteiger partial charge is 0.468 e. The van der Waals surface area contributed by atoms with Gasteiger partial charge in [0.05, 0.1) is 23.8 Å². The van der Waals surface area contributed by atoms with Crippen LogP contribution < -0.4 is 10.6 Å². The van der Waals surface area contributed by atoms with E-state index in [1.54, 1.807) is 31.2 Å². The Labute approximate surface area is 271 Å². The summed E-state index contributed by atoms with van der Waals surface area (Å²) in [7, 11) is 0. The molecular formula is C33H39FN6O7. The van der Waals surface area contributed by atoms with E-state index in [-0.39, 0.29) is 28.4 Å². The zero-order valence-corrected chi connectivity index (χ0v) is 26.7. The molecule has 0 bridgehead atoms. The van der Waals surface area contributed by atoms with Crippen molar-refractivity contribution in [3.8, 4) is 0 Å². The Hall–Kier alpha value is -4.98. The molecule has 2 heterocycles. The predicted octanol–water partition coefficient (Wildman–Crippen LogP) is 5.73. The summed E-state index contributed by atoms with van der Waals surface area (Å²) in [5.74, 6) is -0.0554. The highest BCUT2D eigenvalue weighted by Gasteiger charge is 2.29. The van der Waals surface area contributed by atoms with Crippen molar-refractivity contribution in [3.63, 3.8) is 0 Å². The van der Waals surface area contributed by atoms with Crippen molar-refractivity contribution in [2.24, 2.45) is 0 Å². The number of hydrogen-bond acceptors (Lipinski definition) is 11. The third-order valence-corrected chi connectivity index (χ3v) is 7.93. The number of pyridine rings is 1. The molecule has 4 aromatic rings. The maximum absolute atomic E-state index is 13.4. The molecule has 0 spiro atoms. The van der Waals surface area contributed by atoms with E-state index >= 15 is 0 Å². The number of rotatable bonds is 16. The molecule has 1 atom stereocenters.